The van der Waals surface area contributed by atoms with Crippen LogP contribution in [-0.4, -0.2) is 64.2 Å². The van der Waals surface area contributed by atoms with Crippen molar-refractivity contribution < 1.29 is 27.5 Å². The van der Waals surface area contributed by atoms with Crippen LogP contribution in [0, 0.1) is 6.92 Å². The van der Waals surface area contributed by atoms with Crippen LogP contribution in [0.5, 0.6) is 11.5 Å². The summed E-state index contributed by atoms with van der Waals surface area (Å²) in [6.45, 7) is 5.41. The standard InChI is InChI=1S/C32H41N3O6S/c1-7-24(3)33-32(37)29(19-25-13-9-8-10-14-25)34(21-26-15-11-12-23(2)18-26)31(36)22-35(42(6,38)39)28-17-16-27(40-4)20-30(28)41-5/h8-18,20,24,29H,7,19,21-22H2,1-6H3,(H,33,37)/t24-,29-/m0/s1. The van der Waals surface area contributed by atoms with E-state index in [4.69, 9.17) is 9.47 Å². The van der Waals surface area contributed by atoms with Crippen LogP contribution in [0.3, 0.4) is 0 Å². The van der Waals surface area contributed by atoms with Crippen molar-refractivity contribution in [2.45, 2.75) is 52.2 Å². The molecule has 10 heteroatoms. The molecular formula is C32H41N3O6S. The minimum atomic E-state index is -3.94. The molecule has 3 aromatic rings. The second-order valence-corrected chi connectivity index (χ2v) is 12.2. The van der Waals surface area contributed by atoms with Crippen LogP contribution in [0.4, 0.5) is 5.69 Å². The first kappa shape index (κ1) is 32.5. The lowest BCUT2D eigenvalue weighted by atomic mass is 10.0. The van der Waals surface area contributed by atoms with Crippen LogP contribution >= 0.6 is 0 Å². The number of ether oxygens (including phenoxy) is 2. The van der Waals surface area contributed by atoms with E-state index in [-0.39, 0.29) is 36.4 Å². The number of methoxy groups -OCH3 is 2. The average molecular weight is 596 g/mol. The quantitative estimate of drug-likeness (QED) is 0.298. The maximum absolute atomic E-state index is 14.3. The molecule has 0 aliphatic rings. The number of carbonyl (C=O) groups is 2. The third-order valence-electron chi connectivity index (χ3n) is 7.04. The zero-order valence-corrected chi connectivity index (χ0v) is 26.0. The van der Waals surface area contributed by atoms with E-state index < -0.39 is 28.5 Å². The van der Waals surface area contributed by atoms with Crippen molar-refractivity contribution in [1.82, 2.24) is 10.2 Å². The highest BCUT2D eigenvalue weighted by Crippen LogP contribution is 2.34. The first-order valence-corrected chi connectivity index (χ1v) is 15.7. The molecule has 2 amide bonds. The van der Waals surface area contributed by atoms with Gasteiger partial charge in [0.15, 0.2) is 0 Å². The number of nitrogens with zero attached hydrogens (tertiary/aromatic N) is 2. The molecule has 3 rings (SSSR count). The second-order valence-electron chi connectivity index (χ2n) is 10.3. The van der Waals surface area contributed by atoms with Crippen molar-refractivity contribution in [2.24, 2.45) is 0 Å². The van der Waals surface area contributed by atoms with E-state index in [9.17, 15) is 18.0 Å². The Kier molecular flexibility index (Phi) is 11.4. The van der Waals surface area contributed by atoms with Gasteiger partial charge < -0.3 is 19.7 Å². The monoisotopic (exact) mass is 595 g/mol. The fraction of sp³-hybridized carbons (Fsp3) is 0.375. The minimum absolute atomic E-state index is 0.109. The Bertz CT molecular complexity index is 1460. The predicted molar refractivity (Wildman–Crippen MR) is 165 cm³/mol. The Morgan fingerprint density at radius 2 is 1.62 bits per heavy atom. The Morgan fingerprint density at radius 1 is 0.929 bits per heavy atom. The maximum Gasteiger partial charge on any atom is 0.244 e. The first-order valence-electron chi connectivity index (χ1n) is 13.9. The van der Waals surface area contributed by atoms with Crippen molar-refractivity contribution in [2.75, 3.05) is 31.3 Å². The third-order valence-corrected chi connectivity index (χ3v) is 8.17. The average Bonchev–Trinajstić information content (AvgIpc) is 2.97. The number of carbonyl (C=O) groups excluding carboxylic acids is 2. The van der Waals surface area contributed by atoms with Crippen LogP contribution < -0.4 is 19.1 Å². The van der Waals surface area contributed by atoms with Crippen molar-refractivity contribution in [3.05, 3.63) is 89.5 Å². The van der Waals surface area contributed by atoms with Crippen molar-refractivity contribution >= 4 is 27.5 Å². The molecule has 0 spiro atoms. The van der Waals surface area contributed by atoms with E-state index in [1.807, 2.05) is 75.4 Å². The van der Waals surface area contributed by atoms with Gasteiger partial charge in [0.05, 0.1) is 26.2 Å². The number of aryl methyl sites for hydroxylation is 1. The summed E-state index contributed by atoms with van der Waals surface area (Å²) in [5.74, 6) is -0.128. The number of rotatable bonds is 14. The smallest absolute Gasteiger partial charge is 0.244 e. The van der Waals surface area contributed by atoms with E-state index in [1.54, 1.807) is 12.1 Å². The fourth-order valence-electron chi connectivity index (χ4n) is 4.59. The van der Waals surface area contributed by atoms with E-state index in [0.29, 0.717) is 5.75 Å². The van der Waals surface area contributed by atoms with Gasteiger partial charge in [0.1, 0.15) is 24.1 Å². The summed E-state index contributed by atoms with van der Waals surface area (Å²) in [5, 5.41) is 3.03. The van der Waals surface area contributed by atoms with Gasteiger partial charge in [-0.1, -0.05) is 67.1 Å². The van der Waals surface area contributed by atoms with E-state index >= 15 is 0 Å². The van der Waals surface area contributed by atoms with Crippen LogP contribution in [0.2, 0.25) is 0 Å². The molecule has 42 heavy (non-hydrogen) atoms. The van der Waals surface area contributed by atoms with Gasteiger partial charge in [0, 0.05) is 25.1 Å². The van der Waals surface area contributed by atoms with Crippen molar-refractivity contribution in [3.63, 3.8) is 0 Å². The minimum Gasteiger partial charge on any atom is -0.497 e. The number of amides is 2. The van der Waals surface area contributed by atoms with Gasteiger partial charge in [-0.15, -0.1) is 0 Å². The molecule has 0 heterocycles. The Balaban J connectivity index is 2.10. The summed E-state index contributed by atoms with van der Waals surface area (Å²) in [4.78, 5) is 29.5. The molecule has 0 fully saturated rings. The number of hydrogen-bond acceptors (Lipinski definition) is 6. The normalized spacial score (nSPS) is 12.6. The maximum atomic E-state index is 14.3. The SMILES string of the molecule is CC[C@H](C)NC(=O)[C@H](Cc1ccccc1)N(Cc1cccc(C)c1)C(=O)CN(c1ccc(OC)cc1OC)S(C)(=O)=O. The van der Waals surface area contributed by atoms with E-state index in [1.165, 1.54) is 25.2 Å². The number of anilines is 1. The molecule has 0 saturated carbocycles. The van der Waals surface area contributed by atoms with Gasteiger partial charge in [0.25, 0.3) is 0 Å². The highest BCUT2D eigenvalue weighted by atomic mass is 32.2. The van der Waals surface area contributed by atoms with Gasteiger partial charge in [-0.05, 0) is 43.5 Å². The molecule has 226 valence electrons. The Morgan fingerprint density at radius 3 is 2.21 bits per heavy atom. The molecule has 0 aromatic heterocycles. The van der Waals surface area contributed by atoms with Crippen LogP contribution in [0.1, 0.15) is 37.0 Å². The zero-order chi connectivity index (χ0) is 30.9. The molecule has 0 unspecified atom stereocenters. The fourth-order valence-corrected chi connectivity index (χ4v) is 5.44. The molecule has 2 atom stereocenters. The second kappa shape index (κ2) is 14.7. The third kappa shape index (κ3) is 8.72. The molecular weight excluding hydrogens is 554 g/mol. The molecule has 0 bridgehead atoms. The summed E-state index contributed by atoms with van der Waals surface area (Å²) in [5.41, 5.74) is 2.89. The number of sulfonamides is 1. The lowest BCUT2D eigenvalue weighted by Crippen LogP contribution is -2.54. The van der Waals surface area contributed by atoms with Gasteiger partial charge in [-0.25, -0.2) is 8.42 Å². The van der Waals surface area contributed by atoms with Gasteiger partial charge in [-0.2, -0.15) is 0 Å². The Hall–Kier alpha value is -4.05. The predicted octanol–water partition coefficient (Wildman–Crippen LogP) is 4.33. The van der Waals surface area contributed by atoms with Gasteiger partial charge in [0.2, 0.25) is 21.8 Å². The summed E-state index contributed by atoms with van der Waals surface area (Å²) in [6.07, 6.45) is 2.01. The lowest BCUT2D eigenvalue weighted by Gasteiger charge is -2.34. The van der Waals surface area contributed by atoms with Crippen LogP contribution in [-0.2, 0) is 32.6 Å². The van der Waals surface area contributed by atoms with Gasteiger partial charge >= 0.3 is 0 Å². The summed E-state index contributed by atoms with van der Waals surface area (Å²) >= 11 is 0. The molecule has 0 aliphatic heterocycles. The highest BCUT2D eigenvalue weighted by molar-refractivity contribution is 7.92. The number of hydrogen-bond donors (Lipinski definition) is 1. The number of nitrogens with one attached hydrogen (secondary N) is 1. The molecule has 0 radical (unpaired) electrons. The highest BCUT2D eigenvalue weighted by Gasteiger charge is 2.34. The topological polar surface area (TPSA) is 105 Å². The van der Waals surface area contributed by atoms with Crippen molar-refractivity contribution in [1.29, 1.82) is 0 Å². The summed E-state index contributed by atoms with van der Waals surface area (Å²) < 4.78 is 37.9. The van der Waals surface area contributed by atoms with Crippen LogP contribution in [0.15, 0.2) is 72.8 Å². The molecule has 3 aromatic carbocycles. The van der Waals surface area contributed by atoms with E-state index in [2.05, 4.69) is 5.32 Å². The van der Waals surface area contributed by atoms with Crippen LogP contribution in [0.25, 0.3) is 0 Å². The Labute approximate surface area is 249 Å². The zero-order valence-electron chi connectivity index (χ0n) is 25.2. The summed E-state index contributed by atoms with van der Waals surface area (Å²) in [6, 6.07) is 20.8. The number of benzene rings is 3. The van der Waals surface area contributed by atoms with E-state index in [0.717, 1.165) is 33.7 Å². The lowest BCUT2D eigenvalue weighted by molar-refractivity contribution is -0.140. The molecule has 1 N–H and O–H groups in total. The molecule has 0 saturated heterocycles. The first-order chi connectivity index (χ1) is 20.0. The molecule has 9 nitrogen and oxygen atoms in total. The largest absolute Gasteiger partial charge is 0.497 e. The molecule has 0 aliphatic carbocycles. The summed E-state index contributed by atoms with van der Waals surface area (Å²) in [7, 11) is -1.03. The van der Waals surface area contributed by atoms with Gasteiger partial charge in [-0.3, -0.25) is 13.9 Å². The van der Waals surface area contributed by atoms with Crippen molar-refractivity contribution in [3.8, 4) is 11.5 Å².